The third kappa shape index (κ3) is 3.98. The largest absolute Gasteiger partial charge is 0.444 e. The Morgan fingerprint density at radius 1 is 1.04 bits per heavy atom. The molecule has 0 aromatic carbocycles. The van der Waals surface area contributed by atoms with E-state index in [0.717, 1.165) is 25.7 Å². The second kappa shape index (κ2) is 6.40. The van der Waals surface area contributed by atoms with E-state index >= 15 is 0 Å². The van der Waals surface area contributed by atoms with Crippen LogP contribution in [0.4, 0.5) is 22.0 Å². The van der Waals surface area contributed by atoms with Crippen molar-refractivity contribution >= 4 is 16.1 Å². The van der Waals surface area contributed by atoms with Crippen molar-refractivity contribution in [3.8, 4) is 0 Å². The van der Waals surface area contributed by atoms with Gasteiger partial charge in [-0.05, 0) is 31.1 Å². The predicted molar refractivity (Wildman–Crippen MR) is 70.6 cm³/mol. The number of fused-ring (bicyclic) bond motifs is 2. The summed E-state index contributed by atoms with van der Waals surface area (Å²) in [4.78, 5) is 11.9. The number of rotatable bonds is 4. The summed E-state index contributed by atoms with van der Waals surface area (Å²) in [5, 5.41) is -5.68. The Morgan fingerprint density at radius 3 is 1.96 bits per heavy atom. The normalized spacial score (nSPS) is 29.8. The summed E-state index contributed by atoms with van der Waals surface area (Å²) in [6.45, 7) is 0. The van der Waals surface area contributed by atoms with Crippen LogP contribution >= 0.6 is 0 Å². The fourth-order valence-electron chi connectivity index (χ4n) is 3.60. The number of carbonyl (C=O) groups excluding carboxylic acids is 1. The molecule has 24 heavy (non-hydrogen) atoms. The minimum Gasteiger partial charge on any atom is -0.444 e. The predicted octanol–water partition coefficient (Wildman–Crippen LogP) is 3.16. The molecular weight excluding hydrogens is 363 g/mol. The van der Waals surface area contributed by atoms with Crippen LogP contribution in [-0.4, -0.2) is 36.5 Å². The fraction of sp³-hybridized carbons (Fsp3) is 0.923. The molecule has 2 bridgehead atoms. The van der Waals surface area contributed by atoms with Gasteiger partial charge in [0, 0.05) is 0 Å². The van der Waals surface area contributed by atoms with Gasteiger partial charge in [0.1, 0.15) is 0 Å². The third-order valence-electron chi connectivity index (χ3n) is 4.64. The summed E-state index contributed by atoms with van der Waals surface area (Å²) < 4.78 is 98.5. The van der Waals surface area contributed by atoms with Crippen LogP contribution < -0.4 is 0 Å². The molecule has 2 aliphatic carbocycles. The van der Waals surface area contributed by atoms with E-state index in [1.807, 2.05) is 0 Å². The number of carbonyl (C=O) groups is 1. The van der Waals surface area contributed by atoms with E-state index in [4.69, 9.17) is 4.55 Å². The summed E-state index contributed by atoms with van der Waals surface area (Å²) in [5.41, 5.74) is 0. The molecule has 0 spiro atoms. The van der Waals surface area contributed by atoms with Gasteiger partial charge in [-0.1, -0.05) is 19.3 Å². The smallest absolute Gasteiger partial charge is 0.432 e. The van der Waals surface area contributed by atoms with Crippen LogP contribution in [0, 0.1) is 17.8 Å². The quantitative estimate of drug-likeness (QED) is 0.460. The zero-order valence-corrected chi connectivity index (χ0v) is 13.2. The van der Waals surface area contributed by atoms with Crippen molar-refractivity contribution in [3.05, 3.63) is 0 Å². The Balaban J connectivity index is 2.16. The summed E-state index contributed by atoms with van der Waals surface area (Å²) in [6.07, 6.45) is -6.21. The van der Waals surface area contributed by atoms with Crippen molar-refractivity contribution in [1.29, 1.82) is 0 Å². The number of hydrogen-bond acceptors (Lipinski definition) is 4. The molecular formula is C13H17F5O5S. The van der Waals surface area contributed by atoms with Gasteiger partial charge in [0.05, 0.1) is 5.92 Å². The number of halogens is 5. The van der Waals surface area contributed by atoms with Crippen molar-refractivity contribution in [1.82, 2.24) is 0 Å². The molecule has 3 unspecified atom stereocenters. The highest BCUT2D eigenvalue weighted by molar-refractivity contribution is 7.86. The van der Waals surface area contributed by atoms with Gasteiger partial charge in [0.15, 0.2) is 0 Å². The minimum absolute atomic E-state index is 0.126. The number of ether oxygens (including phenoxy) is 1. The number of esters is 1. The van der Waals surface area contributed by atoms with Crippen molar-refractivity contribution in [3.63, 3.8) is 0 Å². The van der Waals surface area contributed by atoms with Gasteiger partial charge in [-0.3, -0.25) is 9.35 Å². The number of hydrogen-bond donors (Lipinski definition) is 1. The summed E-state index contributed by atoms with van der Waals surface area (Å²) in [5.74, 6) is -2.23. The average molecular weight is 380 g/mol. The highest BCUT2D eigenvalue weighted by atomic mass is 32.2. The molecule has 140 valence electrons. The first kappa shape index (κ1) is 19.4. The number of alkyl halides is 5. The van der Waals surface area contributed by atoms with E-state index < -0.39 is 39.5 Å². The molecule has 0 aliphatic heterocycles. The van der Waals surface area contributed by atoms with E-state index in [9.17, 15) is 35.2 Å². The molecule has 2 saturated carbocycles. The average Bonchev–Trinajstić information content (AvgIpc) is 2.41. The maximum absolute atomic E-state index is 13.4. The molecule has 0 radical (unpaired) electrons. The highest BCUT2D eigenvalue weighted by Gasteiger charge is 2.66. The second-order valence-electron chi connectivity index (χ2n) is 6.46. The molecule has 0 aromatic rings. The van der Waals surface area contributed by atoms with E-state index in [0.29, 0.717) is 0 Å². The Labute approximate surface area is 135 Å². The molecule has 2 fully saturated rings. The van der Waals surface area contributed by atoms with Crippen molar-refractivity contribution < 1.29 is 44.5 Å². The monoisotopic (exact) mass is 380 g/mol. The lowest BCUT2D eigenvalue weighted by molar-refractivity contribution is -0.261. The topological polar surface area (TPSA) is 80.7 Å². The van der Waals surface area contributed by atoms with Crippen LogP contribution in [0.5, 0.6) is 0 Å². The molecule has 0 amide bonds. The molecule has 5 nitrogen and oxygen atoms in total. The zero-order valence-electron chi connectivity index (χ0n) is 12.4. The van der Waals surface area contributed by atoms with Gasteiger partial charge in [-0.25, -0.2) is 0 Å². The van der Waals surface area contributed by atoms with Crippen LogP contribution in [0.15, 0.2) is 0 Å². The lowest BCUT2D eigenvalue weighted by Gasteiger charge is -2.38. The first-order chi connectivity index (χ1) is 10.8. The van der Waals surface area contributed by atoms with Crippen LogP contribution in [0.3, 0.4) is 0 Å². The molecule has 2 rings (SSSR count). The summed E-state index contributed by atoms with van der Waals surface area (Å²) >= 11 is 0. The SMILES string of the molecule is O=C(OC(C(F)(F)F)C(F)(F)S(=O)(=O)O)C1CC2CCCC(C2)C1. The first-order valence-corrected chi connectivity index (χ1v) is 8.88. The molecule has 0 saturated heterocycles. The Bertz CT molecular complexity index is 576. The molecule has 0 heterocycles. The van der Waals surface area contributed by atoms with Crippen molar-refractivity contribution in [2.45, 2.75) is 56.1 Å². The van der Waals surface area contributed by atoms with Gasteiger partial charge in [0.25, 0.3) is 6.10 Å². The second-order valence-corrected chi connectivity index (χ2v) is 7.96. The third-order valence-corrected chi connectivity index (χ3v) is 5.54. The van der Waals surface area contributed by atoms with Crippen LogP contribution in [0.2, 0.25) is 0 Å². The molecule has 11 heteroatoms. The fourth-order valence-corrected chi connectivity index (χ4v) is 4.05. The highest BCUT2D eigenvalue weighted by Crippen LogP contribution is 2.44. The van der Waals surface area contributed by atoms with E-state index in [1.54, 1.807) is 0 Å². The van der Waals surface area contributed by atoms with Gasteiger partial charge < -0.3 is 4.74 Å². The molecule has 0 aromatic heterocycles. The van der Waals surface area contributed by atoms with E-state index in [2.05, 4.69) is 4.74 Å². The standard InChI is InChI=1S/C13H17F5O5S/c14-12(15,16)11(13(17,18)24(20,21)22)23-10(19)9-5-7-2-1-3-8(4-7)6-9/h7-9,11H,1-6H2,(H,20,21,22). The first-order valence-electron chi connectivity index (χ1n) is 7.44. The van der Waals surface area contributed by atoms with Gasteiger partial charge in [-0.15, -0.1) is 0 Å². The maximum Gasteiger partial charge on any atom is 0.432 e. The Hall–Kier alpha value is -0.970. The lowest BCUT2D eigenvalue weighted by Crippen LogP contribution is -2.53. The van der Waals surface area contributed by atoms with Crippen molar-refractivity contribution in [2.75, 3.05) is 0 Å². The molecule has 2 aliphatic rings. The Kier molecular flexibility index (Phi) is 5.16. The molecule has 1 N–H and O–H groups in total. The van der Waals surface area contributed by atoms with Gasteiger partial charge >= 0.3 is 27.5 Å². The summed E-state index contributed by atoms with van der Waals surface area (Å²) in [7, 11) is -6.41. The van der Waals surface area contributed by atoms with Gasteiger partial charge in [-0.2, -0.15) is 30.4 Å². The zero-order chi connectivity index (χ0) is 18.3. The van der Waals surface area contributed by atoms with Crippen LogP contribution in [-0.2, 0) is 19.6 Å². The summed E-state index contributed by atoms with van der Waals surface area (Å²) in [6, 6.07) is 0. The maximum atomic E-state index is 13.4. The van der Waals surface area contributed by atoms with Crippen molar-refractivity contribution in [2.24, 2.45) is 17.8 Å². The van der Waals surface area contributed by atoms with E-state index in [-0.39, 0.29) is 24.7 Å². The van der Waals surface area contributed by atoms with E-state index in [1.165, 1.54) is 0 Å². The lowest BCUT2D eigenvalue weighted by atomic mass is 9.68. The minimum atomic E-state index is -6.41. The van der Waals surface area contributed by atoms with Gasteiger partial charge in [0.2, 0.25) is 0 Å². The van der Waals surface area contributed by atoms with Crippen LogP contribution in [0.1, 0.15) is 38.5 Å². The Morgan fingerprint density at radius 2 is 1.54 bits per heavy atom. The molecule has 3 atom stereocenters. The van der Waals surface area contributed by atoms with Crippen LogP contribution in [0.25, 0.3) is 0 Å².